The third-order valence-corrected chi connectivity index (χ3v) is 6.98. The van der Waals surface area contributed by atoms with Crippen molar-refractivity contribution in [2.24, 2.45) is 0 Å². The highest BCUT2D eigenvalue weighted by molar-refractivity contribution is 7.10. The van der Waals surface area contributed by atoms with Crippen molar-refractivity contribution < 1.29 is 9.59 Å². The normalized spacial score (nSPS) is 18.6. The molecule has 1 N–H and O–H groups in total. The van der Waals surface area contributed by atoms with E-state index < -0.39 is 0 Å². The van der Waals surface area contributed by atoms with Gasteiger partial charge in [0.1, 0.15) is 0 Å². The molecule has 1 saturated carbocycles. The van der Waals surface area contributed by atoms with E-state index in [1.807, 2.05) is 35.2 Å². The van der Waals surface area contributed by atoms with Crippen molar-refractivity contribution in [3.63, 3.8) is 0 Å². The Kier molecular flexibility index (Phi) is 5.30. The monoisotopic (exact) mass is 382 g/mol. The van der Waals surface area contributed by atoms with Crippen LogP contribution in [0.15, 0.2) is 41.8 Å². The smallest absolute Gasteiger partial charge is 0.235 e. The van der Waals surface area contributed by atoms with E-state index in [0.29, 0.717) is 6.42 Å². The van der Waals surface area contributed by atoms with Gasteiger partial charge in [-0.1, -0.05) is 31.0 Å². The fourth-order valence-electron chi connectivity index (χ4n) is 4.32. The lowest BCUT2D eigenvalue weighted by molar-refractivity contribution is -0.129. The first-order chi connectivity index (χ1) is 13.2. The van der Waals surface area contributed by atoms with Gasteiger partial charge in [-0.25, -0.2) is 0 Å². The van der Waals surface area contributed by atoms with Crippen molar-refractivity contribution in [3.8, 4) is 0 Å². The average molecular weight is 383 g/mol. The van der Waals surface area contributed by atoms with Crippen molar-refractivity contribution in [2.45, 2.75) is 50.4 Å². The second kappa shape index (κ2) is 7.85. The number of amides is 2. The number of carbonyl (C=O) groups excluding carboxylic acids is 2. The van der Waals surface area contributed by atoms with Crippen LogP contribution in [0.4, 0.5) is 5.69 Å². The fraction of sp³-hybridized carbons (Fsp3) is 0.455. The van der Waals surface area contributed by atoms with Crippen LogP contribution in [-0.2, 0) is 21.4 Å². The fourth-order valence-corrected chi connectivity index (χ4v) is 5.31. The summed E-state index contributed by atoms with van der Waals surface area (Å²) in [5.41, 5.74) is 1.43. The molecule has 5 heteroatoms. The van der Waals surface area contributed by atoms with Crippen molar-refractivity contribution in [2.75, 3.05) is 18.4 Å². The van der Waals surface area contributed by atoms with Crippen LogP contribution in [0, 0.1) is 0 Å². The number of nitrogens with zero attached hydrogens (tertiary/aromatic N) is 1. The number of anilines is 1. The van der Waals surface area contributed by atoms with Crippen molar-refractivity contribution in [1.29, 1.82) is 0 Å². The Bertz CT molecular complexity index is 786. The number of hydrogen-bond donors (Lipinski definition) is 1. The summed E-state index contributed by atoms with van der Waals surface area (Å²) in [5.74, 6) is 0.301. The van der Waals surface area contributed by atoms with Crippen LogP contribution in [0.5, 0.6) is 0 Å². The Balaban J connectivity index is 1.42. The molecule has 0 unspecified atom stereocenters. The summed E-state index contributed by atoms with van der Waals surface area (Å²) in [5, 5.41) is 5.17. The number of hydrogen-bond acceptors (Lipinski definition) is 3. The second-order valence-corrected chi connectivity index (χ2v) is 8.63. The zero-order valence-corrected chi connectivity index (χ0v) is 16.4. The van der Waals surface area contributed by atoms with Gasteiger partial charge in [-0.3, -0.25) is 9.59 Å². The van der Waals surface area contributed by atoms with Gasteiger partial charge in [0.25, 0.3) is 0 Å². The topological polar surface area (TPSA) is 49.4 Å². The zero-order valence-electron chi connectivity index (χ0n) is 15.6. The van der Waals surface area contributed by atoms with E-state index in [-0.39, 0.29) is 17.2 Å². The Morgan fingerprint density at radius 3 is 2.33 bits per heavy atom. The average Bonchev–Trinajstić information content (AvgIpc) is 3.44. The summed E-state index contributed by atoms with van der Waals surface area (Å²) in [4.78, 5) is 28.5. The number of thiophene rings is 1. The number of rotatable bonds is 5. The molecule has 4 nitrogen and oxygen atoms in total. The molecule has 1 aliphatic heterocycles. The lowest BCUT2D eigenvalue weighted by atomic mass is 9.83. The Hall–Kier alpha value is -2.14. The zero-order chi connectivity index (χ0) is 18.7. The standard InChI is InChI=1S/C22H26N2O2S/c25-20(24-13-3-4-14-24)16-17-7-9-18(10-8-17)23-21(26)22(11-1-2-12-22)19-6-5-15-27-19/h5-10,15H,1-4,11-14,16H2,(H,23,26). The molecule has 2 aromatic rings. The van der Waals surface area contributed by atoms with Gasteiger partial charge in [0, 0.05) is 23.7 Å². The molecule has 1 saturated heterocycles. The summed E-state index contributed by atoms with van der Waals surface area (Å²) in [7, 11) is 0. The predicted molar refractivity (Wildman–Crippen MR) is 109 cm³/mol. The van der Waals surface area contributed by atoms with Gasteiger partial charge in [-0.05, 0) is 54.8 Å². The molecular formula is C22H26N2O2S. The number of nitrogens with one attached hydrogen (secondary N) is 1. The minimum atomic E-state index is -0.376. The molecule has 1 aromatic carbocycles. The molecule has 0 bridgehead atoms. The van der Waals surface area contributed by atoms with E-state index >= 15 is 0 Å². The second-order valence-electron chi connectivity index (χ2n) is 7.68. The van der Waals surface area contributed by atoms with Crippen molar-refractivity contribution in [1.82, 2.24) is 4.90 Å². The summed E-state index contributed by atoms with van der Waals surface area (Å²) in [6.45, 7) is 1.77. The van der Waals surface area contributed by atoms with Crippen LogP contribution in [0.3, 0.4) is 0 Å². The lowest BCUT2D eigenvalue weighted by Gasteiger charge is -2.26. The molecule has 0 radical (unpaired) electrons. The molecule has 142 valence electrons. The van der Waals surface area contributed by atoms with E-state index in [0.717, 1.165) is 62.9 Å². The van der Waals surface area contributed by atoms with Crippen LogP contribution in [0.2, 0.25) is 0 Å². The van der Waals surface area contributed by atoms with E-state index in [2.05, 4.69) is 16.8 Å². The highest BCUT2D eigenvalue weighted by Gasteiger charge is 2.43. The minimum Gasteiger partial charge on any atom is -0.342 e. The molecule has 1 aromatic heterocycles. The van der Waals surface area contributed by atoms with Gasteiger partial charge in [-0.15, -0.1) is 11.3 Å². The first kappa shape index (κ1) is 18.2. The molecule has 0 atom stereocenters. The molecule has 2 fully saturated rings. The van der Waals surface area contributed by atoms with E-state index in [4.69, 9.17) is 0 Å². The van der Waals surface area contributed by atoms with Crippen molar-refractivity contribution in [3.05, 3.63) is 52.2 Å². The van der Waals surface area contributed by atoms with Gasteiger partial charge in [-0.2, -0.15) is 0 Å². The highest BCUT2D eigenvalue weighted by atomic mass is 32.1. The lowest BCUT2D eigenvalue weighted by Crippen LogP contribution is -2.37. The first-order valence-corrected chi connectivity index (χ1v) is 10.8. The molecule has 0 spiro atoms. The SMILES string of the molecule is O=C(Cc1ccc(NC(=O)C2(c3cccs3)CCCC2)cc1)N1CCCC1. The van der Waals surface area contributed by atoms with Crippen molar-refractivity contribution >= 4 is 28.8 Å². The van der Waals surface area contributed by atoms with Crippen LogP contribution in [0.1, 0.15) is 49.0 Å². The van der Waals surface area contributed by atoms with Crippen LogP contribution in [0.25, 0.3) is 0 Å². The van der Waals surface area contributed by atoms with Crippen LogP contribution >= 0.6 is 11.3 Å². The minimum absolute atomic E-state index is 0.100. The Labute approximate surface area is 164 Å². The molecular weight excluding hydrogens is 356 g/mol. The van der Waals surface area contributed by atoms with Crippen LogP contribution < -0.4 is 5.32 Å². The Morgan fingerprint density at radius 1 is 1.00 bits per heavy atom. The van der Waals surface area contributed by atoms with Gasteiger partial charge < -0.3 is 10.2 Å². The third kappa shape index (κ3) is 3.79. The van der Waals surface area contributed by atoms with Gasteiger partial charge in [0.15, 0.2) is 0 Å². The highest BCUT2D eigenvalue weighted by Crippen LogP contribution is 2.43. The molecule has 2 heterocycles. The molecule has 2 amide bonds. The Morgan fingerprint density at radius 2 is 1.70 bits per heavy atom. The summed E-state index contributed by atoms with van der Waals surface area (Å²) >= 11 is 1.68. The van der Waals surface area contributed by atoms with E-state index in [9.17, 15) is 9.59 Å². The van der Waals surface area contributed by atoms with E-state index in [1.165, 1.54) is 4.88 Å². The first-order valence-electron chi connectivity index (χ1n) is 9.90. The summed E-state index contributed by atoms with van der Waals surface area (Å²) in [6, 6.07) is 11.9. The van der Waals surface area contributed by atoms with Crippen LogP contribution in [-0.4, -0.2) is 29.8 Å². The maximum Gasteiger partial charge on any atom is 0.235 e. The quantitative estimate of drug-likeness (QED) is 0.835. The number of carbonyl (C=O) groups is 2. The molecule has 4 rings (SSSR count). The third-order valence-electron chi connectivity index (χ3n) is 5.91. The maximum absolute atomic E-state index is 13.1. The summed E-state index contributed by atoms with van der Waals surface area (Å²) in [6.07, 6.45) is 6.70. The van der Waals surface area contributed by atoms with Gasteiger partial charge in [0.05, 0.1) is 11.8 Å². The molecule has 1 aliphatic carbocycles. The summed E-state index contributed by atoms with van der Waals surface area (Å²) < 4.78 is 0. The van der Waals surface area contributed by atoms with Gasteiger partial charge >= 0.3 is 0 Å². The maximum atomic E-state index is 13.1. The van der Waals surface area contributed by atoms with E-state index in [1.54, 1.807) is 11.3 Å². The number of likely N-dealkylation sites (tertiary alicyclic amines) is 1. The predicted octanol–water partition coefficient (Wildman–Crippen LogP) is 4.36. The molecule has 27 heavy (non-hydrogen) atoms. The largest absolute Gasteiger partial charge is 0.342 e. The number of benzene rings is 1. The molecule has 2 aliphatic rings. The van der Waals surface area contributed by atoms with Gasteiger partial charge in [0.2, 0.25) is 11.8 Å².